The lowest BCUT2D eigenvalue weighted by Crippen LogP contribution is -2.34. The zero-order valence-electron chi connectivity index (χ0n) is 17.3. The summed E-state index contributed by atoms with van der Waals surface area (Å²) in [6.45, 7) is 6.35. The Hall–Kier alpha value is -2.94. The molecule has 1 amide bonds. The minimum absolute atomic E-state index is 0.0340. The number of hydrogen-bond donors (Lipinski definition) is 1. The van der Waals surface area contributed by atoms with Gasteiger partial charge in [0.1, 0.15) is 12.2 Å². The zero-order valence-corrected chi connectivity index (χ0v) is 18.1. The predicted octanol–water partition coefficient (Wildman–Crippen LogP) is 6.12. The minimum Gasteiger partial charge on any atom is -0.442 e. The SMILES string of the molecule is CC(=NOCc1ccccc1C(F)(F)F)c1ccc(Cl)c(ONC(=O)OC(C)(C)C)c1. The highest BCUT2D eigenvalue weighted by atomic mass is 35.5. The van der Waals surface area contributed by atoms with Gasteiger partial charge >= 0.3 is 12.3 Å². The van der Waals surface area contributed by atoms with Gasteiger partial charge in [-0.15, -0.1) is 0 Å². The third kappa shape index (κ3) is 7.67. The van der Waals surface area contributed by atoms with Gasteiger partial charge in [-0.05, 0) is 45.9 Å². The summed E-state index contributed by atoms with van der Waals surface area (Å²) in [5, 5.41) is 4.08. The Labute approximate surface area is 182 Å². The average Bonchev–Trinajstić information content (AvgIpc) is 2.65. The van der Waals surface area contributed by atoms with E-state index in [9.17, 15) is 18.0 Å². The molecule has 0 saturated heterocycles. The van der Waals surface area contributed by atoms with E-state index in [4.69, 9.17) is 26.0 Å². The first kappa shape index (κ1) is 24.3. The number of carbonyl (C=O) groups is 1. The second kappa shape index (κ2) is 9.91. The molecule has 6 nitrogen and oxygen atoms in total. The third-order valence-electron chi connectivity index (χ3n) is 3.74. The Morgan fingerprint density at radius 1 is 1.13 bits per heavy atom. The summed E-state index contributed by atoms with van der Waals surface area (Å²) in [6.07, 6.45) is -5.28. The first-order valence-corrected chi connectivity index (χ1v) is 9.52. The molecule has 0 spiro atoms. The Balaban J connectivity index is 2.06. The number of amides is 1. The first-order valence-electron chi connectivity index (χ1n) is 9.14. The molecule has 0 radical (unpaired) electrons. The molecule has 0 atom stereocenters. The third-order valence-corrected chi connectivity index (χ3v) is 4.05. The highest BCUT2D eigenvalue weighted by molar-refractivity contribution is 6.32. The highest BCUT2D eigenvalue weighted by Crippen LogP contribution is 2.32. The highest BCUT2D eigenvalue weighted by Gasteiger charge is 2.33. The molecule has 0 bridgehead atoms. The van der Waals surface area contributed by atoms with Crippen LogP contribution in [-0.2, 0) is 22.4 Å². The maximum atomic E-state index is 13.0. The van der Waals surface area contributed by atoms with E-state index >= 15 is 0 Å². The summed E-state index contributed by atoms with van der Waals surface area (Å²) < 4.78 is 44.2. The fourth-order valence-corrected chi connectivity index (χ4v) is 2.53. The van der Waals surface area contributed by atoms with E-state index in [0.717, 1.165) is 6.07 Å². The number of hydrogen-bond acceptors (Lipinski definition) is 5. The monoisotopic (exact) mass is 458 g/mol. The van der Waals surface area contributed by atoms with Gasteiger partial charge in [-0.25, -0.2) is 4.79 Å². The largest absolute Gasteiger partial charge is 0.442 e. The van der Waals surface area contributed by atoms with Gasteiger partial charge in [0.05, 0.1) is 16.3 Å². The van der Waals surface area contributed by atoms with Crippen LogP contribution in [0.5, 0.6) is 5.75 Å². The van der Waals surface area contributed by atoms with Crippen molar-refractivity contribution < 1.29 is 32.4 Å². The summed E-state index contributed by atoms with van der Waals surface area (Å²) >= 11 is 6.07. The van der Waals surface area contributed by atoms with Crippen LogP contribution in [0.4, 0.5) is 18.0 Å². The van der Waals surface area contributed by atoms with E-state index in [-0.39, 0.29) is 22.9 Å². The van der Waals surface area contributed by atoms with E-state index in [1.54, 1.807) is 33.8 Å². The van der Waals surface area contributed by atoms with Crippen molar-refractivity contribution in [3.63, 3.8) is 0 Å². The molecule has 0 aliphatic heterocycles. The van der Waals surface area contributed by atoms with Crippen LogP contribution in [0.25, 0.3) is 0 Å². The van der Waals surface area contributed by atoms with Gasteiger partial charge in [-0.2, -0.15) is 18.7 Å². The lowest BCUT2D eigenvalue weighted by atomic mass is 10.1. The maximum Gasteiger partial charge on any atom is 0.441 e. The molecule has 31 heavy (non-hydrogen) atoms. The second-order valence-corrected chi connectivity index (χ2v) is 7.86. The van der Waals surface area contributed by atoms with Crippen LogP contribution in [0, 0.1) is 0 Å². The number of halogens is 4. The van der Waals surface area contributed by atoms with Gasteiger partial charge in [0.2, 0.25) is 0 Å². The van der Waals surface area contributed by atoms with Crippen LogP contribution in [-0.4, -0.2) is 17.4 Å². The normalized spacial score (nSPS) is 12.3. The summed E-state index contributed by atoms with van der Waals surface area (Å²) in [6, 6.07) is 9.73. The van der Waals surface area contributed by atoms with Crippen LogP contribution in [0.3, 0.4) is 0 Å². The molecule has 0 fully saturated rings. The van der Waals surface area contributed by atoms with Gasteiger partial charge in [-0.1, -0.05) is 41.0 Å². The number of alkyl halides is 3. The van der Waals surface area contributed by atoms with E-state index in [1.807, 2.05) is 0 Å². The predicted molar refractivity (Wildman–Crippen MR) is 110 cm³/mol. The van der Waals surface area contributed by atoms with Crippen molar-refractivity contribution in [2.45, 2.75) is 46.1 Å². The molecule has 0 aliphatic rings. The topological polar surface area (TPSA) is 69.2 Å². The average molecular weight is 459 g/mol. The van der Waals surface area contributed by atoms with Gasteiger partial charge in [0, 0.05) is 11.1 Å². The smallest absolute Gasteiger partial charge is 0.441 e. The number of rotatable bonds is 6. The molecular weight excluding hydrogens is 437 g/mol. The molecule has 2 aromatic rings. The van der Waals surface area contributed by atoms with Crippen LogP contribution in [0.15, 0.2) is 47.6 Å². The number of nitrogens with one attached hydrogen (secondary N) is 1. The second-order valence-electron chi connectivity index (χ2n) is 7.46. The lowest BCUT2D eigenvalue weighted by Gasteiger charge is -2.19. The van der Waals surface area contributed by atoms with Crippen LogP contribution >= 0.6 is 11.6 Å². The Bertz CT molecular complexity index is 956. The summed E-state index contributed by atoms with van der Waals surface area (Å²) in [7, 11) is 0. The summed E-state index contributed by atoms with van der Waals surface area (Å²) in [5.41, 5.74) is 1.49. The van der Waals surface area contributed by atoms with Crippen molar-refractivity contribution in [1.82, 2.24) is 5.48 Å². The number of carbonyl (C=O) groups excluding carboxylic acids is 1. The molecule has 0 unspecified atom stereocenters. The molecule has 0 aromatic heterocycles. The Kier molecular flexibility index (Phi) is 7.78. The number of benzene rings is 2. The van der Waals surface area contributed by atoms with Crippen LogP contribution in [0.1, 0.15) is 44.4 Å². The number of nitrogens with zero attached hydrogens (tertiary/aromatic N) is 1. The molecule has 1 N–H and O–H groups in total. The van der Waals surface area contributed by atoms with Gasteiger partial charge in [-0.3, -0.25) is 0 Å². The molecule has 10 heteroatoms. The molecular formula is C21H22ClF3N2O4. The van der Waals surface area contributed by atoms with Gasteiger partial charge in [0.25, 0.3) is 0 Å². The number of hydroxylamine groups is 1. The minimum atomic E-state index is -4.48. The molecule has 2 aromatic carbocycles. The molecule has 0 saturated carbocycles. The van der Waals surface area contributed by atoms with Crippen LogP contribution < -0.4 is 10.3 Å². The molecule has 0 aliphatic carbocycles. The quantitative estimate of drug-likeness (QED) is 0.418. The van der Waals surface area contributed by atoms with E-state index in [2.05, 4.69) is 10.6 Å². The zero-order chi connectivity index (χ0) is 23.2. The van der Waals surface area contributed by atoms with Gasteiger partial charge < -0.3 is 14.4 Å². The first-order chi connectivity index (χ1) is 14.4. The van der Waals surface area contributed by atoms with Gasteiger partial charge in [0.15, 0.2) is 5.75 Å². The molecule has 0 heterocycles. The summed E-state index contributed by atoms with van der Waals surface area (Å²) in [4.78, 5) is 22.0. The van der Waals surface area contributed by atoms with E-state index in [1.165, 1.54) is 30.3 Å². The molecule has 168 valence electrons. The number of oxime groups is 1. The maximum absolute atomic E-state index is 13.0. The summed E-state index contributed by atoms with van der Waals surface area (Å²) in [5.74, 6) is 0.127. The van der Waals surface area contributed by atoms with Crippen molar-refractivity contribution in [3.8, 4) is 5.75 Å². The number of ether oxygens (including phenoxy) is 1. The standard InChI is InChI=1S/C21H22ClF3N2O4/c1-13(26-29-12-15-7-5-6-8-16(15)21(23,24)25)14-9-10-17(22)18(11-14)31-27-19(28)30-20(2,3)4/h5-11H,12H2,1-4H3,(H,27,28). The van der Waals surface area contributed by atoms with E-state index in [0.29, 0.717) is 11.3 Å². The Morgan fingerprint density at radius 3 is 2.45 bits per heavy atom. The molecule has 2 rings (SSSR count). The Morgan fingerprint density at radius 2 is 1.81 bits per heavy atom. The van der Waals surface area contributed by atoms with Crippen molar-refractivity contribution in [2.24, 2.45) is 5.16 Å². The fraction of sp³-hybridized carbons (Fsp3) is 0.333. The van der Waals surface area contributed by atoms with E-state index < -0.39 is 23.4 Å². The van der Waals surface area contributed by atoms with Crippen LogP contribution in [0.2, 0.25) is 5.02 Å². The van der Waals surface area contributed by atoms with Crippen molar-refractivity contribution in [3.05, 3.63) is 64.2 Å². The van der Waals surface area contributed by atoms with Crippen molar-refractivity contribution in [2.75, 3.05) is 0 Å². The fourth-order valence-electron chi connectivity index (χ4n) is 2.38. The van der Waals surface area contributed by atoms with Crippen molar-refractivity contribution >= 4 is 23.4 Å². The lowest BCUT2D eigenvalue weighted by molar-refractivity contribution is -0.138. The van der Waals surface area contributed by atoms with Crippen molar-refractivity contribution in [1.29, 1.82) is 0 Å².